The lowest BCUT2D eigenvalue weighted by Crippen LogP contribution is -2.65. The molecule has 2 aliphatic heterocycles. The van der Waals surface area contributed by atoms with Crippen LogP contribution in [-0.2, 0) is 11.2 Å². The number of anilines is 2. The van der Waals surface area contributed by atoms with Gasteiger partial charge in [-0.05, 0) is 37.7 Å². The van der Waals surface area contributed by atoms with Crippen LogP contribution < -0.4 is 15.4 Å². The van der Waals surface area contributed by atoms with E-state index in [4.69, 9.17) is 4.74 Å². The molecule has 3 fully saturated rings. The van der Waals surface area contributed by atoms with Gasteiger partial charge in [-0.2, -0.15) is 0 Å². The number of morpholine rings is 1. The minimum Gasteiger partial charge on any atom is -0.375 e. The van der Waals surface area contributed by atoms with Crippen molar-refractivity contribution >= 4 is 11.5 Å². The third kappa shape index (κ3) is 3.46. The van der Waals surface area contributed by atoms with Gasteiger partial charge in [0, 0.05) is 48.9 Å². The highest BCUT2D eigenvalue weighted by Crippen LogP contribution is 2.50. The summed E-state index contributed by atoms with van der Waals surface area (Å²) in [5.41, 5.74) is 2.39. The average Bonchev–Trinajstić information content (AvgIpc) is 3.03. The summed E-state index contributed by atoms with van der Waals surface area (Å²) in [7, 11) is 0. The number of ether oxygens (including phenoxy) is 1. The standard InChI is InChI=1S/C24H31N3O2/c1-16-8-9-20-21(12-18-6-4-3-5-7-18)27(24(16)20)22-13-19(14-23(28)25-22)26-10-11-29-17(2)15-26/h3-7,13-14,16-17,20-21,24H,8-12,15H2,1-2H3,(H,25,28)/t16-,17-,20?,21-,24+/m1/s1. The SMILES string of the molecule is C[C@@H]1CN(c2cc(N3[C@H](Cc4ccccc4)C4CC[C@@H](C)[C@@H]43)[nH]c(=O)c2)CCO1. The van der Waals surface area contributed by atoms with Crippen LogP contribution in [0, 0.1) is 11.8 Å². The number of hydrogen-bond acceptors (Lipinski definition) is 4. The highest BCUT2D eigenvalue weighted by Gasteiger charge is 2.53. The first-order valence-electron chi connectivity index (χ1n) is 11.0. The molecule has 0 amide bonds. The van der Waals surface area contributed by atoms with Crippen LogP contribution in [-0.4, -0.2) is 42.9 Å². The van der Waals surface area contributed by atoms with Gasteiger partial charge in [0.1, 0.15) is 5.82 Å². The summed E-state index contributed by atoms with van der Waals surface area (Å²) >= 11 is 0. The Morgan fingerprint density at radius 1 is 1.14 bits per heavy atom. The van der Waals surface area contributed by atoms with E-state index in [1.807, 2.05) is 0 Å². The largest absolute Gasteiger partial charge is 0.375 e. The van der Waals surface area contributed by atoms with Gasteiger partial charge in [-0.15, -0.1) is 0 Å². The fourth-order valence-electron chi connectivity index (χ4n) is 5.78. The maximum atomic E-state index is 12.6. The van der Waals surface area contributed by atoms with Gasteiger partial charge < -0.3 is 19.5 Å². The summed E-state index contributed by atoms with van der Waals surface area (Å²) in [5.74, 6) is 2.38. The first kappa shape index (κ1) is 18.7. The molecular weight excluding hydrogens is 362 g/mol. The van der Waals surface area contributed by atoms with Crippen molar-refractivity contribution in [2.45, 2.75) is 51.3 Å². The zero-order valence-corrected chi connectivity index (χ0v) is 17.4. The van der Waals surface area contributed by atoms with Crippen molar-refractivity contribution in [3.05, 3.63) is 58.4 Å². The normalized spacial score (nSPS) is 31.4. The van der Waals surface area contributed by atoms with Crippen molar-refractivity contribution in [2.75, 3.05) is 29.5 Å². The second-order valence-corrected chi connectivity index (χ2v) is 9.09. The average molecular weight is 394 g/mol. The molecule has 2 saturated heterocycles. The molecule has 5 atom stereocenters. The number of fused-ring (bicyclic) bond motifs is 1. The van der Waals surface area contributed by atoms with E-state index in [9.17, 15) is 4.79 Å². The second kappa shape index (κ2) is 7.52. The number of nitrogens with one attached hydrogen (secondary N) is 1. The number of pyridine rings is 1. The number of rotatable bonds is 4. The van der Waals surface area contributed by atoms with Crippen LogP contribution in [0.25, 0.3) is 0 Å². The first-order valence-corrected chi connectivity index (χ1v) is 11.0. The fourth-order valence-corrected chi connectivity index (χ4v) is 5.78. The number of aromatic nitrogens is 1. The van der Waals surface area contributed by atoms with Crippen molar-refractivity contribution in [1.29, 1.82) is 0 Å². The predicted octanol–water partition coefficient (Wildman–Crippen LogP) is 3.45. The molecule has 5 heteroatoms. The molecule has 5 nitrogen and oxygen atoms in total. The van der Waals surface area contributed by atoms with E-state index in [1.165, 1.54) is 18.4 Å². The van der Waals surface area contributed by atoms with Crippen LogP contribution >= 0.6 is 0 Å². The third-order valence-electron chi connectivity index (χ3n) is 7.14. The summed E-state index contributed by atoms with van der Waals surface area (Å²) in [6.45, 7) is 6.84. The van der Waals surface area contributed by atoms with E-state index in [0.29, 0.717) is 24.6 Å². The van der Waals surface area contributed by atoms with E-state index in [1.54, 1.807) is 6.07 Å². The summed E-state index contributed by atoms with van der Waals surface area (Å²) in [6, 6.07) is 15.7. The molecule has 3 aliphatic rings. The van der Waals surface area contributed by atoms with Gasteiger partial charge in [0.05, 0.1) is 12.7 Å². The van der Waals surface area contributed by atoms with E-state index < -0.39 is 0 Å². The molecule has 0 radical (unpaired) electrons. The van der Waals surface area contributed by atoms with Crippen LogP contribution in [0.5, 0.6) is 0 Å². The Hall–Kier alpha value is -2.27. The molecule has 29 heavy (non-hydrogen) atoms. The number of nitrogens with zero attached hydrogens (tertiary/aromatic N) is 2. The van der Waals surface area contributed by atoms with Crippen molar-refractivity contribution in [3.8, 4) is 0 Å². The van der Waals surface area contributed by atoms with Crippen LogP contribution in [0.2, 0.25) is 0 Å². The molecule has 1 aliphatic carbocycles. The quantitative estimate of drug-likeness (QED) is 0.864. The van der Waals surface area contributed by atoms with Crippen molar-refractivity contribution < 1.29 is 4.74 Å². The van der Waals surface area contributed by atoms with Crippen molar-refractivity contribution in [3.63, 3.8) is 0 Å². The van der Waals surface area contributed by atoms with Gasteiger partial charge in [0.15, 0.2) is 0 Å². The fraction of sp³-hybridized carbons (Fsp3) is 0.542. The zero-order valence-electron chi connectivity index (χ0n) is 17.4. The molecular formula is C24H31N3O2. The Kier molecular flexibility index (Phi) is 4.86. The molecule has 1 aromatic carbocycles. The van der Waals surface area contributed by atoms with Crippen LogP contribution in [0.1, 0.15) is 32.3 Å². The summed E-state index contributed by atoms with van der Waals surface area (Å²) in [5, 5.41) is 0. The molecule has 3 heterocycles. The third-order valence-corrected chi connectivity index (χ3v) is 7.14. The molecule has 1 N–H and O–H groups in total. The maximum Gasteiger partial charge on any atom is 0.251 e. The molecule has 1 unspecified atom stereocenters. The minimum absolute atomic E-state index is 0.00999. The Labute approximate surface area is 172 Å². The minimum atomic E-state index is -0.00999. The molecule has 1 saturated carbocycles. The van der Waals surface area contributed by atoms with Crippen molar-refractivity contribution in [1.82, 2.24) is 4.98 Å². The maximum absolute atomic E-state index is 12.6. The Morgan fingerprint density at radius 3 is 2.76 bits per heavy atom. The lowest BCUT2D eigenvalue weighted by Gasteiger charge is -2.55. The molecule has 154 valence electrons. The Balaban J connectivity index is 1.46. The summed E-state index contributed by atoms with van der Waals surface area (Å²) in [4.78, 5) is 20.5. The van der Waals surface area contributed by atoms with Crippen LogP contribution in [0.4, 0.5) is 11.5 Å². The van der Waals surface area contributed by atoms with E-state index in [0.717, 1.165) is 36.9 Å². The summed E-state index contributed by atoms with van der Waals surface area (Å²) < 4.78 is 5.69. The van der Waals surface area contributed by atoms with E-state index >= 15 is 0 Å². The Bertz CT molecular complexity index is 912. The van der Waals surface area contributed by atoms with Gasteiger partial charge in [0.2, 0.25) is 0 Å². The number of hydrogen-bond donors (Lipinski definition) is 1. The van der Waals surface area contributed by atoms with Crippen molar-refractivity contribution in [2.24, 2.45) is 11.8 Å². The molecule has 2 aromatic rings. The lowest BCUT2D eigenvalue weighted by atomic mass is 9.76. The van der Waals surface area contributed by atoms with Gasteiger partial charge in [-0.25, -0.2) is 0 Å². The molecule has 1 aromatic heterocycles. The van der Waals surface area contributed by atoms with Gasteiger partial charge >= 0.3 is 0 Å². The van der Waals surface area contributed by atoms with Crippen LogP contribution in [0.15, 0.2) is 47.3 Å². The molecule has 5 rings (SSSR count). The van der Waals surface area contributed by atoms with Gasteiger partial charge in [-0.3, -0.25) is 4.79 Å². The second-order valence-electron chi connectivity index (χ2n) is 9.09. The van der Waals surface area contributed by atoms with E-state index in [-0.39, 0.29) is 11.7 Å². The van der Waals surface area contributed by atoms with Gasteiger partial charge in [-0.1, -0.05) is 37.3 Å². The number of H-pyrrole nitrogens is 1. The Morgan fingerprint density at radius 2 is 1.97 bits per heavy atom. The number of aromatic amines is 1. The zero-order chi connectivity index (χ0) is 20.0. The highest BCUT2D eigenvalue weighted by atomic mass is 16.5. The topological polar surface area (TPSA) is 48.6 Å². The molecule has 0 spiro atoms. The lowest BCUT2D eigenvalue weighted by molar-refractivity contribution is 0.0532. The van der Waals surface area contributed by atoms with Gasteiger partial charge in [0.25, 0.3) is 5.56 Å². The smallest absolute Gasteiger partial charge is 0.251 e. The summed E-state index contributed by atoms with van der Waals surface area (Å²) in [6.07, 6.45) is 3.81. The highest BCUT2D eigenvalue weighted by molar-refractivity contribution is 5.58. The number of benzene rings is 1. The first-order chi connectivity index (χ1) is 14.1. The van der Waals surface area contributed by atoms with Crippen LogP contribution in [0.3, 0.4) is 0 Å². The van der Waals surface area contributed by atoms with E-state index in [2.05, 4.69) is 65.0 Å². The molecule has 0 bridgehead atoms. The monoisotopic (exact) mass is 393 g/mol. The predicted molar refractivity (Wildman–Crippen MR) is 117 cm³/mol.